The lowest BCUT2D eigenvalue weighted by Gasteiger charge is -2.05. The third-order valence-corrected chi connectivity index (χ3v) is 2.28. The van der Waals surface area contributed by atoms with Crippen LogP contribution in [0.3, 0.4) is 0 Å². The van der Waals surface area contributed by atoms with Crippen molar-refractivity contribution < 1.29 is 4.74 Å². The summed E-state index contributed by atoms with van der Waals surface area (Å²) in [7, 11) is 0. The van der Waals surface area contributed by atoms with Crippen LogP contribution >= 0.6 is 11.6 Å². The number of hydrogen-bond acceptors (Lipinski definition) is 2. The highest BCUT2D eigenvalue weighted by atomic mass is 35.5. The molecule has 0 unspecified atom stereocenters. The van der Waals surface area contributed by atoms with E-state index in [1.165, 1.54) is 0 Å². The summed E-state index contributed by atoms with van der Waals surface area (Å²) in [6.07, 6.45) is 0. The molecule has 0 saturated heterocycles. The summed E-state index contributed by atoms with van der Waals surface area (Å²) in [5.41, 5.74) is 0.614. The first-order chi connectivity index (χ1) is 7.78. The smallest absolute Gasteiger partial charge is 0.127 e. The first-order valence-corrected chi connectivity index (χ1v) is 5.09. The van der Waals surface area contributed by atoms with Crippen molar-refractivity contribution in [3.05, 3.63) is 59.1 Å². The molecule has 16 heavy (non-hydrogen) atoms. The largest absolute Gasteiger partial charge is 0.457 e. The molecule has 0 aliphatic carbocycles. The quantitative estimate of drug-likeness (QED) is 0.780. The Bertz CT molecular complexity index is 511. The Kier molecular flexibility index (Phi) is 3.09. The summed E-state index contributed by atoms with van der Waals surface area (Å²) < 4.78 is 5.56. The lowest BCUT2D eigenvalue weighted by Crippen LogP contribution is -1.83. The Morgan fingerprint density at radius 1 is 0.875 bits per heavy atom. The second kappa shape index (κ2) is 4.69. The van der Waals surface area contributed by atoms with Crippen LogP contribution in [-0.4, -0.2) is 0 Å². The maximum atomic E-state index is 8.64. The number of hydrogen-bond donors (Lipinski definition) is 0. The molecule has 0 aliphatic heterocycles. The van der Waals surface area contributed by atoms with Crippen LogP contribution in [0.15, 0.2) is 48.5 Å². The van der Waals surface area contributed by atoms with E-state index in [0.717, 1.165) is 0 Å². The van der Waals surface area contributed by atoms with Crippen molar-refractivity contribution in [2.75, 3.05) is 0 Å². The third-order valence-electron chi connectivity index (χ3n) is 2.03. The van der Waals surface area contributed by atoms with E-state index in [-0.39, 0.29) is 0 Å². The van der Waals surface area contributed by atoms with Gasteiger partial charge in [-0.15, -0.1) is 0 Å². The molecule has 0 amide bonds. The molecule has 0 saturated carbocycles. The van der Waals surface area contributed by atoms with Crippen LogP contribution in [0, 0.1) is 11.3 Å². The zero-order valence-electron chi connectivity index (χ0n) is 8.35. The average molecular weight is 230 g/mol. The summed E-state index contributed by atoms with van der Waals surface area (Å²) in [5, 5.41) is 9.32. The molecular formula is C13H8ClNO. The van der Waals surface area contributed by atoms with Crippen molar-refractivity contribution in [1.82, 2.24) is 0 Å². The van der Waals surface area contributed by atoms with Crippen LogP contribution in [0.2, 0.25) is 5.02 Å². The molecule has 0 N–H and O–H groups in total. The highest BCUT2D eigenvalue weighted by Gasteiger charge is 1.97. The van der Waals surface area contributed by atoms with Gasteiger partial charge in [-0.25, -0.2) is 0 Å². The molecule has 0 radical (unpaired) electrons. The zero-order chi connectivity index (χ0) is 11.4. The molecule has 0 aromatic heterocycles. The second-order valence-corrected chi connectivity index (χ2v) is 3.63. The van der Waals surface area contributed by atoms with Gasteiger partial charge in [-0.2, -0.15) is 5.26 Å². The molecular weight excluding hydrogens is 222 g/mol. The van der Waals surface area contributed by atoms with Crippen molar-refractivity contribution in [1.29, 1.82) is 5.26 Å². The normalized spacial score (nSPS) is 9.50. The number of ether oxygens (including phenoxy) is 1. The average Bonchev–Trinajstić information content (AvgIpc) is 2.33. The van der Waals surface area contributed by atoms with Crippen molar-refractivity contribution in [3.63, 3.8) is 0 Å². The molecule has 0 fully saturated rings. The second-order valence-electron chi connectivity index (χ2n) is 3.19. The lowest BCUT2D eigenvalue weighted by atomic mass is 10.2. The van der Waals surface area contributed by atoms with Gasteiger partial charge in [0.05, 0.1) is 11.6 Å². The minimum atomic E-state index is 0.614. The van der Waals surface area contributed by atoms with Gasteiger partial charge in [-0.05, 0) is 48.5 Å². The Hall–Kier alpha value is -1.98. The summed E-state index contributed by atoms with van der Waals surface area (Å²) in [5.74, 6) is 1.41. The zero-order valence-corrected chi connectivity index (χ0v) is 9.11. The number of nitriles is 1. The van der Waals surface area contributed by atoms with Gasteiger partial charge in [0.15, 0.2) is 0 Å². The van der Waals surface area contributed by atoms with E-state index in [9.17, 15) is 0 Å². The molecule has 2 aromatic carbocycles. The Balaban J connectivity index is 2.15. The van der Waals surface area contributed by atoms with Crippen LogP contribution in [0.4, 0.5) is 0 Å². The van der Waals surface area contributed by atoms with Gasteiger partial charge in [-0.1, -0.05) is 11.6 Å². The number of halogens is 1. The summed E-state index contributed by atoms with van der Waals surface area (Å²) >= 11 is 5.76. The standard InChI is InChI=1S/C13H8ClNO/c14-11-3-7-13(8-4-11)16-12-5-1-10(9-15)2-6-12/h1-8H. The molecule has 3 heteroatoms. The van der Waals surface area contributed by atoms with Crippen molar-refractivity contribution in [2.45, 2.75) is 0 Å². The highest BCUT2D eigenvalue weighted by molar-refractivity contribution is 6.30. The van der Waals surface area contributed by atoms with E-state index in [1.807, 2.05) is 0 Å². The summed E-state index contributed by atoms with van der Waals surface area (Å²) in [4.78, 5) is 0. The van der Waals surface area contributed by atoms with Crippen molar-refractivity contribution >= 4 is 11.6 Å². The molecule has 2 aromatic rings. The Morgan fingerprint density at radius 3 is 1.88 bits per heavy atom. The molecule has 0 atom stereocenters. The van der Waals surface area contributed by atoms with Gasteiger partial charge < -0.3 is 4.74 Å². The van der Waals surface area contributed by atoms with Crippen LogP contribution in [0.1, 0.15) is 5.56 Å². The maximum absolute atomic E-state index is 8.64. The van der Waals surface area contributed by atoms with Crippen LogP contribution < -0.4 is 4.74 Å². The van der Waals surface area contributed by atoms with Gasteiger partial charge in [0.2, 0.25) is 0 Å². The maximum Gasteiger partial charge on any atom is 0.127 e. The predicted molar refractivity (Wildman–Crippen MR) is 62.7 cm³/mol. The van der Waals surface area contributed by atoms with E-state index in [0.29, 0.717) is 22.1 Å². The monoisotopic (exact) mass is 229 g/mol. The Labute approximate surface area is 98.7 Å². The molecule has 0 aliphatic rings. The molecule has 2 nitrogen and oxygen atoms in total. The predicted octanol–water partition coefficient (Wildman–Crippen LogP) is 4.00. The molecule has 78 valence electrons. The van der Waals surface area contributed by atoms with E-state index in [2.05, 4.69) is 6.07 Å². The fourth-order valence-corrected chi connectivity index (χ4v) is 1.36. The number of nitrogens with zero attached hydrogens (tertiary/aromatic N) is 1. The fourth-order valence-electron chi connectivity index (χ4n) is 1.24. The first-order valence-electron chi connectivity index (χ1n) is 4.71. The van der Waals surface area contributed by atoms with Crippen molar-refractivity contribution in [2.24, 2.45) is 0 Å². The third kappa shape index (κ3) is 2.53. The Morgan fingerprint density at radius 2 is 1.38 bits per heavy atom. The van der Waals surface area contributed by atoms with Gasteiger partial charge >= 0.3 is 0 Å². The number of benzene rings is 2. The van der Waals surface area contributed by atoms with Gasteiger partial charge in [-0.3, -0.25) is 0 Å². The van der Waals surface area contributed by atoms with Crippen LogP contribution in [0.5, 0.6) is 11.5 Å². The van der Waals surface area contributed by atoms with E-state index >= 15 is 0 Å². The molecule has 0 heterocycles. The topological polar surface area (TPSA) is 33.0 Å². The molecule has 0 bridgehead atoms. The van der Waals surface area contributed by atoms with E-state index in [4.69, 9.17) is 21.6 Å². The van der Waals surface area contributed by atoms with Crippen LogP contribution in [0.25, 0.3) is 0 Å². The lowest BCUT2D eigenvalue weighted by molar-refractivity contribution is 0.482. The molecule has 0 spiro atoms. The molecule has 2 rings (SSSR count). The minimum absolute atomic E-state index is 0.614. The van der Waals surface area contributed by atoms with Gasteiger partial charge in [0, 0.05) is 5.02 Å². The summed E-state index contributed by atoms with van der Waals surface area (Å²) in [6, 6.07) is 16.1. The minimum Gasteiger partial charge on any atom is -0.457 e. The summed E-state index contributed by atoms with van der Waals surface area (Å²) in [6.45, 7) is 0. The SMILES string of the molecule is N#Cc1ccc(Oc2ccc(Cl)cc2)cc1. The van der Waals surface area contributed by atoms with E-state index < -0.39 is 0 Å². The first kappa shape index (κ1) is 10.5. The van der Waals surface area contributed by atoms with Crippen LogP contribution in [-0.2, 0) is 0 Å². The fraction of sp³-hybridized carbons (Fsp3) is 0. The van der Waals surface area contributed by atoms with E-state index in [1.54, 1.807) is 48.5 Å². The van der Waals surface area contributed by atoms with Gasteiger partial charge in [0.25, 0.3) is 0 Å². The van der Waals surface area contributed by atoms with Gasteiger partial charge in [0.1, 0.15) is 11.5 Å². The van der Waals surface area contributed by atoms with Crippen molar-refractivity contribution in [3.8, 4) is 17.6 Å². The highest BCUT2D eigenvalue weighted by Crippen LogP contribution is 2.22. The number of rotatable bonds is 2.